The van der Waals surface area contributed by atoms with E-state index in [1.807, 2.05) is 17.7 Å². The predicted octanol–water partition coefficient (Wildman–Crippen LogP) is 3.89. The maximum Gasteiger partial charge on any atom is 0.180 e. The molecular weight excluding hydrogens is 364 g/mol. The first kappa shape index (κ1) is 17.7. The smallest absolute Gasteiger partial charge is 0.180 e. The second-order valence-corrected chi connectivity index (χ2v) is 7.80. The van der Waals surface area contributed by atoms with E-state index in [2.05, 4.69) is 49.6 Å². The third-order valence-electron chi connectivity index (χ3n) is 5.98. The highest BCUT2D eigenvalue weighted by Gasteiger charge is 2.33. The lowest BCUT2D eigenvalue weighted by atomic mass is 9.72. The van der Waals surface area contributed by atoms with Gasteiger partial charge in [-0.05, 0) is 36.5 Å². The summed E-state index contributed by atoms with van der Waals surface area (Å²) < 4.78 is 2.02. The quantitative estimate of drug-likeness (QED) is 0.526. The summed E-state index contributed by atoms with van der Waals surface area (Å²) in [6.07, 6.45) is 7.12. The van der Waals surface area contributed by atoms with Crippen LogP contribution in [0, 0.1) is 5.92 Å². The summed E-state index contributed by atoms with van der Waals surface area (Å²) in [5.74, 6) is 1.72. The number of hydrogen-bond acceptors (Lipinski definition) is 5. The third kappa shape index (κ3) is 2.93. The number of ketones is 1. The number of nitrogens with one attached hydrogen (secondary N) is 1. The number of carbonyl (C=O) groups excluding carboxylic acids is 1. The summed E-state index contributed by atoms with van der Waals surface area (Å²) in [4.78, 5) is 16.1. The number of hydrogen-bond donors (Lipinski definition) is 1. The van der Waals surface area contributed by atoms with Crippen molar-refractivity contribution in [2.24, 2.45) is 13.0 Å². The van der Waals surface area contributed by atoms with Gasteiger partial charge in [-0.25, -0.2) is 0 Å². The molecule has 0 radical (unpaired) electrons. The van der Waals surface area contributed by atoms with Crippen LogP contribution in [0.4, 0.5) is 0 Å². The Morgan fingerprint density at radius 1 is 1.28 bits per heavy atom. The molecule has 0 bridgehead atoms. The van der Waals surface area contributed by atoms with Gasteiger partial charge in [0.05, 0.1) is 5.52 Å². The lowest BCUT2D eigenvalue weighted by Crippen LogP contribution is -2.23. The Morgan fingerprint density at radius 2 is 2.14 bits per heavy atom. The van der Waals surface area contributed by atoms with Crippen molar-refractivity contribution in [1.82, 2.24) is 29.9 Å². The maximum atomic E-state index is 11.9. The van der Waals surface area contributed by atoms with Gasteiger partial charge in [0, 0.05) is 37.0 Å². The zero-order chi connectivity index (χ0) is 20.0. The van der Waals surface area contributed by atoms with Crippen LogP contribution >= 0.6 is 0 Å². The molecule has 7 heteroatoms. The summed E-state index contributed by atoms with van der Waals surface area (Å²) in [6, 6.07) is 10.4. The number of Topliss-reactive ketones (excluding diaryl/α,β-unsaturated/α-hetero) is 1. The standard InChI is InChI=1S/C22H22N6O/c1-13(29)19-21-17(9-10-23-19)20(25-26-21)16-8-4-7-15(11-16)18(14-5-3-6-14)22-27-24-12-28(22)2/h4,7-12,14,18H,3,5-6H2,1-2H3,(H,25,26)/t18-/m1/s1. The Hall–Kier alpha value is -3.35. The first-order valence-electron chi connectivity index (χ1n) is 9.91. The average Bonchev–Trinajstić information content (AvgIpc) is 3.30. The van der Waals surface area contributed by atoms with Crippen molar-refractivity contribution in [2.75, 3.05) is 0 Å². The fourth-order valence-corrected chi connectivity index (χ4v) is 4.29. The van der Waals surface area contributed by atoms with E-state index in [9.17, 15) is 4.79 Å². The van der Waals surface area contributed by atoms with Gasteiger partial charge in [-0.1, -0.05) is 24.6 Å². The van der Waals surface area contributed by atoms with Gasteiger partial charge < -0.3 is 4.57 Å². The van der Waals surface area contributed by atoms with Gasteiger partial charge in [-0.3, -0.25) is 14.9 Å². The topological polar surface area (TPSA) is 89.3 Å². The first-order chi connectivity index (χ1) is 14.1. The molecule has 1 saturated carbocycles. The van der Waals surface area contributed by atoms with E-state index >= 15 is 0 Å². The van der Waals surface area contributed by atoms with Gasteiger partial charge in [0.1, 0.15) is 23.5 Å². The van der Waals surface area contributed by atoms with Crippen LogP contribution < -0.4 is 0 Å². The lowest BCUT2D eigenvalue weighted by molar-refractivity contribution is 0.101. The molecule has 7 nitrogen and oxygen atoms in total. The molecule has 29 heavy (non-hydrogen) atoms. The van der Waals surface area contributed by atoms with Crippen LogP contribution in [0.25, 0.3) is 22.2 Å². The minimum atomic E-state index is -0.0770. The van der Waals surface area contributed by atoms with Gasteiger partial charge in [0.2, 0.25) is 0 Å². The number of benzene rings is 1. The molecule has 1 aromatic carbocycles. The zero-order valence-electron chi connectivity index (χ0n) is 16.5. The van der Waals surface area contributed by atoms with E-state index in [4.69, 9.17) is 0 Å². The number of carbonyl (C=O) groups is 1. The highest BCUT2D eigenvalue weighted by atomic mass is 16.1. The zero-order valence-corrected chi connectivity index (χ0v) is 16.5. The Labute approximate surface area is 168 Å². The molecule has 0 aliphatic heterocycles. The van der Waals surface area contributed by atoms with Crippen LogP contribution in [0.2, 0.25) is 0 Å². The SMILES string of the molecule is CC(=O)c1nccc2c(-c3cccc([C@H](c4nncn4C)C4CCC4)c3)n[nH]c12. The summed E-state index contributed by atoms with van der Waals surface area (Å²) in [5.41, 5.74) is 4.17. The van der Waals surface area contributed by atoms with Crippen molar-refractivity contribution in [1.29, 1.82) is 0 Å². The van der Waals surface area contributed by atoms with Crippen molar-refractivity contribution >= 4 is 16.7 Å². The highest BCUT2D eigenvalue weighted by molar-refractivity contribution is 6.06. The number of pyridine rings is 1. The minimum Gasteiger partial charge on any atom is -0.320 e. The summed E-state index contributed by atoms with van der Waals surface area (Å²) in [5, 5.41) is 16.9. The van der Waals surface area contributed by atoms with Crippen LogP contribution in [-0.2, 0) is 7.05 Å². The fourth-order valence-electron chi connectivity index (χ4n) is 4.29. The number of H-pyrrole nitrogens is 1. The second kappa shape index (κ2) is 6.92. The molecule has 4 aromatic rings. The molecule has 1 aliphatic carbocycles. The van der Waals surface area contributed by atoms with Crippen LogP contribution in [0.3, 0.4) is 0 Å². The van der Waals surface area contributed by atoms with Crippen molar-refractivity contribution in [2.45, 2.75) is 32.1 Å². The summed E-state index contributed by atoms with van der Waals surface area (Å²) in [7, 11) is 2.00. The molecular formula is C22H22N6O. The molecule has 0 amide bonds. The maximum absolute atomic E-state index is 11.9. The van der Waals surface area contributed by atoms with Gasteiger partial charge in [0.25, 0.3) is 0 Å². The van der Waals surface area contributed by atoms with E-state index in [1.165, 1.54) is 31.7 Å². The molecule has 0 saturated heterocycles. The molecule has 1 aliphatic rings. The molecule has 1 fully saturated rings. The molecule has 0 unspecified atom stereocenters. The van der Waals surface area contributed by atoms with E-state index in [0.717, 1.165) is 22.5 Å². The van der Waals surface area contributed by atoms with Gasteiger partial charge in [-0.2, -0.15) is 5.10 Å². The Morgan fingerprint density at radius 3 is 2.83 bits per heavy atom. The van der Waals surface area contributed by atoms with Gasteiger partial charge in [-0.15, -0.1) is 10.2 Å². The van der Waals surface area contributed by atoms with Crippen LogP contribution in [0.5, 0.6) is 0 Å². The van der Waals surface area contributed by atoms with E-state index in [1.54, 1.807) is 12.5 Å². The monoisotopic (exact) mass is 386 g/mol. The molecule has 3 heterocycles. The Bertz CT molecular complexity index is 1200. The number of rotatable bonds is 5. The normalized spacial score (nSPS) is 15.4. The fraction of sp³-hybridized carbons (Fsp3) is 0.318. The van der Waals surface area contributed by atoms with Crippen molar-refractivity contribution < 1.29 is 4.79 Å². The van der Waals surface area contributed by atoms with Crippen molar-refractivity contribution in [3.63, 3.8) is 0 Å². The molecule has 1 N–H and O–H groups in total. The van der Waals surface area contributed by atoms with Crippen molar-refractivity contribution in [3.05, 3.63) is 59.9 Å². The molecule has 0 spiro atoms. The molecule has 146 valence electrons. The van der Waals surface area contributed by atoms with E-state index in [0.29, 0.717) is 17.1 Å². The van der Waals surface area contributed by atoms with Crippen LogP contribution in [0.1, 0.15) is 54.0 Å². The third-order valence-corrected chi connectivity index (χ3v) is 5.98. The van der Waals surface area contributed by atoms with Crippen LogP contribution in [0.15, 0.2) is 42.9 Å². The Balaban J connectivity index is 1.61. The van der Waals surface area contributed by atoms with Gasteiger partial charge >= 0.3 is 0 Å². The lowest BCUT2D eigenvalue weighted by Gasteiger charge is -2.33. The molecule has 5 rings (SSSR count). The number of fused-ring (bicyclic) bond motifs is 1. The number of nitrogens with zero attached hydrogens (tertiary/aromatic N) is 5. The largest absolute Gasteiger partial charge is 0.320 e. The summed E-state index contributed by atoms with van der Waals surface area (Å²) in [6.45, 7) is 1.52. The van der Waals surface area contributed by atoms with Crippen molar-refractivity contribution in [3.8, 4) is 11.3 Å². The minimum absolute atomic E-state index is 0.0770. The number of aryl methyl sites for hydroxylation is 1. The Kier molecular flexibility index (Phi) is 4.23. The van der Waals surface area contributed by atoms with Crippen LogP contribution in [-0.4, -0.2) is 35.7 Å². The van der Waals surface area contributed by atoms with Gasteiger partial charge in [0.15, 0.2) is 5.78 Å². The summed E-state index contributed by atoms with van der Waals surface area (Å²) >= 11 is 0. The average molecular weight is 386 g/mol. The number of aromatic amines is 1. The second-order valence-electron chi connectivity index (χ2n) is 7.80. The van der Waals surface area contributed by atoms with E-state index < -0.39 is 0 Å². The van der Waals surface area contributed by atoms with E-state index in [-0.39, 0.29) is 11.7 Å². The predicted molar refractivity (Wildman–Crippen MR) is 110 cm³/mol. The molecule has 1 atom stereocenters. The number of aromatic nitrogens is 6. The highest BCUT2D eigenvalue weighted by Crippen LogP contribution is 2.43. The first-order valence-corrected chi connectivity index (χ1v) is 9.91. The molecule has 3 aromatic heterocycles.